The number of piperidine rings is 1. The zero-order valence-corrected chi connectivity index (χ0v) is 17.6. The Morgan fingerprint density at radius 2 is 1.75 bits per heavy atom. The van der Waals surface area contributed by atoms with E-state index < -0.39 is 0 Å². The van der Waals surface area contributed by atoms with E-state index in [1.54, 1.807) is 0 Å². The molecule has 3 fully saturated rings. The third-order valence-corrected chi connectivity index (χ3v) is 6.81. The van der Waals surface area contributed by atoms with Crippen LogP contribution in [0.25, 0.3) is 0 Å². The van der Waals surface area contributed by atoms with Gasteiger partial charge in [0.2, 0.25) is 17.7 Å². The van der Waals surface area contributed by atoms with Crippen molar-refractivity contribution in [2.24, 2.45) is 11.8 Å². The van der Waals surface area contributed by atoms with Crippen molar-refractivity contribution in [2.75, 3.05) is 19.6 Å². The molecule has 3 aliphatic rings. The maximum absolute atomic E-state index is 12.8. The second kappa shape index (κ2) is 9.75. The van der Waals surface area contributed by atoms with Crippen molar-refractivity contribution in [2.45, 2.75) is 90.1 Å². The number of likely N-dealkylation sites (tertiary alicyclic amines) is 2. The minimum atomic E-state index is -0.198. The van der Waals surface area contributed by atoms with Crippen molar-refractivity contribution >= 4 is 17.7 Å². The molecular formula is C22H37N3O3. The van der Waals surface area contributed by atoms with Crippen molar-refractivity contribution in [1.82, 2.24) is 15.1 Å². The molecule has 158 valence electrons. The topological polar surface area (TPSA) is 69.7 Å². The molecule has 0 aromatic rings. The van der Waals surface area contributed by atoms with Gasteiger partial charge in [0.05, 0.1) is 5.92 Å². The van der Waals surface area contributed by atoms with Gasteiger partial charge in [0.1, 0.15) is 0 Å². The average Bonchev–Trinajstić information content (AvgIpc) is 3.09. The molecule has 0 aromatic heterocycles. The van der Waals surface area contributed by atoms with Crippen molar-refractivity contribution in [3.05, 3.63) is 0 Å². The number of carbonyl (C=O) groups is 3. The predicted octanol–water partition coefficient (Wildman–Crippen LogP) is 2.71. The Kier molecular flexibility index (Phi) is 7.36. The zero-order valence-electron chi connectivity index (χ0n) is 17.6. The molecule has 28 heavy (non-hydrogen) atoms. The molecule has 0 spiro atoms. The number of carbonyl (C=O) groups excluding carboxylic acids is 3. The highest BCUT2D eigenvalue weighted by atomic mass is 16.2. The normalized spacial score (nSPS) is 24.8. The first-order valence-corrected chi connectivity index (χ1v) is 11.3. The van der Waals surface area contributed by atoms with Gasteiger partial charge in [0.15, 0.2) is 0 Å². The van der Waals surface area contributed by atoms with Crippen molar-refractivity contribution in [3.8, 4) is 0 Å². The molecule has 0 aromatic carbocycles. The molecule has 0 bridgehead atoms. The lowest BCUT2D eigenvalue weighted by atomic mass is 9.86. The summed E-state index contributed by atoms with van der Waals surface area (Å²) in [6.45, 7) is 5.89. The molecule has 3 rings (SSSR count). The number of hydrogen-bond acceptors (Lipinski definition) is 3. The Bertz CT molecular complexity index is 563. The summed E-state index contributed by atoms with van der Waals surface area (Å²) in [6, 6.07) is 0.333. The number of nitrogens with one attached hydrogen (secondary N) is 1. The van der Waals surface area contributed by atoms with Crippen LogP contribution in [0.2, 0.25) is 0 Å². The number of amides is 3. The van der Waals surface area contributed by atoms with Gasteiger partial charge in [0, 0.05) is 44.6 Å². The fourth-order valence-corrected chi connectivity index (χ4v) is 5.01. The van der Waals surface area contributed by atoms with Crippen LogP contribution < -0.4 is 5.32 Å². The molecule has 1 N–H and O–H groups in total. The van der Waals surface area contributed by atoms with Crippen LogP contribution in [0, 0.1) is 11.8 Å². The Labute approximate surface area is 169 Å². The van der Waals surface area contributed by atoms with E-state index >= 15 is 0 Å². The Morgan fingerprint density at radius 1 is 1.07 bits per heavy atom. The Balaban J connectivity index is 1.36. The molecule has 3 amide bonds. The van der Waals surface area contributed by atoms with E-state index in [0.29, 0.717) is 32.5 Å². The SMILES string of the molecule is CC(C)N1CC(C(=O)N2CCC(NC(=O)CCC3CCCCC3)CC2)CC1=O. The Morgan fingerprint density at radius 3 is 2.36 bits per heavy atom. The molecular weight excluding hydrogens is 354 g/mol. The number of nitrogens with zero attached hydrogens (tertiary/aromatic N) is 2. The summed E-state index contributed by atoms with van der Waals surface area (Å²) >= 11 is 0. The molecule has 2 saturated heterocycles. The largest absolute Gasteiger partial charge is 0.353 e. The molecule has 2 aliphatic heterocycles. The second-order valence-corrected chi connectivity index (χ2v) is 9.25. The Hall–Kier alpha value is -1.59. The van der Waals surface area contributed by atoms with Crippen LogP contribution in [0.3, 0.4) is 0 Å². The predicted molar refractivity (Wildman–Crippen MR) is 109 cm³/mol. The van der Waals surface area contributed by atoms with Crippen molar-refractivity contribution < 1.29 is 14.4 Å². The van der Waals surface area contributed by atoms with E-state index in [-0.39, 0.29) is 35.7 Å². The van der Waals surface area contributed by atoms with E-state index in [1.807, 2.05) is 23.6 Å². The summed E-state index contributed by atoms with van der Waals surface area (Å²) in [5.74, 6) is 0.909. The second-order valence-electron chi connectivity index (χ2n) is 9.25. The highest BCUT2D eigenvalue weighted by Crippen LogP contribution is 2.27. The first kappa shape index (κ1) is 21.1. The van der Waals surface area contributed by atoms with Crippen LogP contribution >= 0.6 is 0 Å². The van der Waals surface area contributed by atoms with Crippen molar-refractivity contribution in [3.63, 3.8) is 0 Å². The first-order valence-electron chi connectivity index (χ1n) is 11.3. The third-order valence-electron chi connectivity index (χ3n) is 6.81. The van der Waals surface area contributed by atoms with Gasteiger partial charge in [-0.25, -0.2) is 0 Å². The molecule has 1 unspecified atom stereocenters. The lowest BCUT2D eigenvalue weighted by molar-refractivity contribution is -0.137. The van der Waals surface area contributed by atoms with E-state index in [4.69, 9.17) is 0 Å². The number of rotatable bonds is 6. The summed E-state index contributed by atoms with van der Waals surface area (Å²) in [7, 11) is 0. The summed E-state index contributed by atoms with van der Waals surface area (Å²) in [5.41, 5.74) is 0. The fourth-order valence-electron chi connectivity index (χ4n) is 5.01. The van der Waals surface area contributed by atoms with Crippen molar-refractivity contribution in [1.29, 1.82) is 0 Å². The molecule has 1 aliphatic carbocycles. The van der Waals surface area contributed by atoms with Gasteiger partial charge in [-0.2, -0.15) is 0 Å². The molecule has 6 nitrogen and oxygen atoms in total. The minimum Gasteiger partial charge on any atom is -0.353 e. The van der Waals surface area contributed by atoms with E-state index in [2.05, 4.69) is 5.32 Å². The number of hydrogen-bond donors (Lipinski definition) is 1. The zero-order chi connectivity index (χ0) is 20.1. The van der Waals surface area contributed by atoms with Gasteiger partial charge in [-0.3, -0.25) is 14.4 Å². The van der Waals surface area contributed by atoms with Crippen LogP contribution in [0.15, 0.2) is 0 Å². The average molecular weight is 392 g/mol. The minimum absolute atomic E-state index is 0.0912. The highest BCUT2D eigenvalue weighted by molar-refractivity contribution is 5.89. The van der Waals surface area contributed by atoms with Gasteiger partial charge >= 0.3 is 0 Å². The molecule has 6 heteroatoms. The van der Waals surface area contributed by atoms with Crippen LogP contribution in [0.1, 0.15) is 78.1 Å². The van der Waals surface area contributed by atoms with Gasteiger partial charge < -0.3 is 15.1 Å². The molecule has 2 heterocycles. The van der Waals surface area contributed by atoms with Gasteiger partial charge in [-0.1, -0.05) is 32.1 Å². The lowest BCUT2D eigenvalue weighted by Crippen LogP contribution is -2.48. The monoisotopic (exact) mass is 391 g/mol. The molecule has 1 saturated carbocycles. The van der Waals surface area contributed by atoms with E-state index in [9.17, 15) is 14.4 Å². The lowest BCUT2D eigenvalue weighted by Gasteiger charge is -2.34. The van der Waals surface area contributed by atoms with Crippen LogP contribution in [-0.2, 0) is 14.4 Å². The summed E-state index contributed by atoms with van der Waals surface area (Å²) in [5, 5.41) is 3.18. The first-order chi connectivity index (χ1) is 13.4. The van der Waals surface area contributed by atoms with E-state index in [1.165, 1.54) is 32.1 Å². The van der Waals surface area contributed by atoms with Crippen LogP contribution in [0.4, 0.5) is 0 Å². The smallest absolute Gasteiger partial charge is 0.227 e. The fraction of sp³-hybridized carbons (Fsp3) is 0.864. The highest BCUT2D eigenvalue weighted by Gasteiger charge is 2.38. The maximum Gasteiger partial charge on any atom is 0.227 e. The molecule has 1 atom stereocenters. The van der Waals surface area contributed by atoms with Gasteiger partial charge in [-0.15, -0.1) is 0 Å². The third kappa shape index (κ3) is 5.48. The van der Waals surface area contributed by atoms with Crippen LogP contribution in [0.5, 0.6) is 0 Å². The summed E-state index contributed by atoms with van der Waals surface area (Å²) in [6.07, 6.45) is 10.2. The van der Waals surface area contributed by atoms with Gasteiger partial charge in [-0.05, 0) is 39.0 Å². The quantitative estimate of drug-likeness (QED) is 0.757. The summed E-state index contributed by atoms with van der Waals surface area (Å²) < 4.78 is 0. The summed E-state index contributed by atoms with van der Waals surface area (Å²) in [4.78, 5) is 40.8. The standard InChI is InChI=1S/C22H37N3O3/c1-16(2)25-15-18(14-21(25)27)22(28)24-12-10-19(11-13-24)23-20(26)9-8-17-6-4-3-5-7-17/h16-19H,3-15H2,1-2H3,(H,23,26). The van der Waals surface area contributed by atoms with Gasteiger partial charge in [0.25, 0.3) is 0 Å². The van der Waals surface area contributed by atoms with Crippen LogP contribution in [-0.4, -0.2) is 59.2 Å². The van der Waals surface area contributed by atoms with E-state index in [0.717, 1.165) is 25.2 Å². The molecule has 0 radical (unpaired) electrons. The maximum atomic E-state index is 12.8.